The van der Waals surface area contributed by atoms with Gasteiger partial charge in [-0.25, -0.2) is 0 Å². The van der Waals surface area contributed by atoms with Gasteiger partial charge >= 0.3 is 0 Å². The van der Waals surface area contributed by atoms with Gasteiger partial charge in [-0.2, -0.15) is 0 Å². The van der Waals surface area contributed by atoms with Crippen molar-refractivity contribution in [3.8, 4) is 0 Å². The SMILES string of the molecule is CCCCC(C=O)C1CNCCO1. The number of hydrogen-bond acceptors (Lipinski definition) is 3. The van der Waals surface area contributed by atoms with E-state index in [-0.39, 0.29) is 12.0 Å². The van der Waals surface area contributed by atoms with Crippen LogP contribution in [0.2, 0.25) is 0 Å². The van der Waals surface area contributed by atoms with Crippen molar-refractivity contribution in [1.29, 1.82) is 0 Å². The number of carbonyl (C=O) groups is 1. The first-order chi connectivity index (χ1) is 6.38. The Hall–Kier alpha value is -0.410. The van der Waals surface area contributed by atoms with Crippen LogP contribution in [-0.4, -0.2) is 32.1 Å². The molecule has 0 aliphatic carbocycles. The molecule has 1 fully saturated rings. The van der Waals surface area contributed by atoms with Gasteiger partial charge in [0, 0.05) is 19.0 Å². The first-order valence-electron chi connectivity index (χ1n) is 5.16. The maximum absolute atomic E-state index is 10.8. The van der Waals surface area contributed by atoms with Gasteiger partial charge in [0.25, 0.3) is 0 Å². The Morgan fingerprint density at radius 3 is 3.08 bits per heavy atom. The molecule has 0 aromatic rings. The highest BCUT2D eigenvalue weighted by atomic mass is 16.5. The number of rotatable bonds is 5. The molecule has 0 amide bonds. The van der Waals surface area contributed by atoms with E-state index in [1.165, 1.54) is 0 Å². The van der Waals surface area contributed by atoms with Crippen LogP contribution in [0, 0.1) is 5.92 Å². The van der Waals surface area contributed by atoms with E-state index in [9.17, 15) is 4.79 Å². The van der Waals surface area contributed by atoms with Gasteiger partial charge < -0.3 is 14.8 Å². The first-order valence-corrected chi connectivity index (χ1v) is 5.16. The van der Waals surface area contributed by atoms with Crippen molar-refractivity contribution >= 4 is 6.29 Å². The molecule has 0 radical (unpaired) electrons. The van der Waals surface area contributed by atoms with Crippen LogP contribution in [0.5, 0.6) is 0 Å². The molecule has 13 heavy (non-hydrogen) atoms. The summed E-state index contributed by atoms with van der Waals surface area (Å²) in [6.07, 6.45) is 4.38. The molecule has 3 heteroatoms. The van der Waals surface area contributed by atoms with Crippen LogP contribution in [0.1, 0.15) is 26.2 Å². The Labute approximate surface area is 79.8 Å². The molecule has 76 valence electrons. The average Bonchev–Trinajstić information content (AvgIpc) is 2.21. The second-order valence-electron chi connectivity index (χ2n) is 3.56. The van der Waals surface area contributed by atoms with E-state index in [0.717, 1.165) is 45.2 Å². The van der Waals surface area contributed by atoms with E-state index < -0.39 is 0 Å². The Morgan fingerprint density at radius 1 is 1.69 bits per heavy atom. The van der Waals surface area contributed by atoms with Gasteiger partial charge in [-0.15, -0.1) is 0 Å². The van der Waals surface area contributed by atoms with E-state index >= 15 is 0 Å². The van der Waals surface area contributed by atoms with Crippen molar-refractivity contribution in [3.63, 3.8) is 0 Å². The van der Waals surface area contributed by atoms with Crippen molar-refractivity contribution in [2.24, 2.45) is 5.92 Å². The molecule has 1 heterocycles. The van der Waals surface area contributed by atoms with E-state index in [4.69, 9.17) is 4.74 Å². The van der Waals surface area contributed by atoms with Gasteiger partial charge in [-0.1, -0.05) is 19.8 Å². The molecular formula is C10H19NO2. The third-order valence-corrected chi connectivity index (χ3v) is 2.50. The normalized spacial score (nSPS) is 25.5. The molecule has 0 saturated carbocycles. The second-order valence-corrected chi connectivity index (χ2v) is 3.56. The minimum absolute atomic E-state index is 0.0905. The van der Waals surface area contributed by atoms with Gasteiger partial charge in [0.2, 0.25) is 0 Å². The minimum atomic E-state index is 0.0905. The highest BCUT2D eigenvalue weighted by molar-refractivity contribution is 5.54. The summed E-state index contributed by atoms with van der Waals surface area (Å²) in [5.41, 5.74) is 0. The molecule has 0 aromatic carbocycles. The summed E-state index contributed by atoms with van der Waals surface area (Å²) in [5.74, 6) is 0.0905. The van der Waals surface area contributed by atoms with E-state index in [0.29, 0.717) is 0 Å². The highest BCUT2D eigenvalue weighted by Crippen LogP contribution is 2.14. The Morgan fingerprint density at radius 2 is 2.54 bits per heavy atom. The largest absolute Gasteiger partial charge is 0.375 e. The monoisotopic (exact) mass is 185 g/mol. The summed E-state index contributed by atoms with van der Waals surface area (Å²) >= 11 is 0. The number of carbonyl (C=O) groups excluding carboxylic acids is 1. The quantitative estimate of drug-likeness (QED) is 0.649. The van der Waals surface area contributed by atoms with Crippen molar-refractivity contribution in [3.05, 3.63) is 0 Å². The minimum Gasteiger partial charge on any atom is -0.375 e. The molecule has 1 saturated heterocycles. The molecule has 1 rings (SSSR count). The van der Waals surface area contributed by atoms with E-state index in [1.54, 1.807) is 0 Å². The third kappa shape index (κ3) is 3.44. The number of unbranched alkanes of at least 4 members (excludes halogenated alkanes) is 1. The molecule has 1 N–H and O–H groups in total. The number of aldehydes is 1. The molecule has 3 nitrogen and oxygen atoms in total. The van der Waals surface area contributed by atoms with Gasteiger partial charge in [0.15, 0.2) is 0 Å². The zero-order chi connectivity index (χ0) is 9.52. The lowest BCUT2D eigenvalue weighted by Crippen LogP contribution is -2.43. The maximum atomic E-state index is 10.8. The molecule has 0 spiro atoms. The number of hydrogen-bond donors (Lipinski definition) is 1. The van der Waals surface area contributed by atoms with Gasteiger partial charge in [0.1, 0.15) is 6.29 Å². The lowest BCUT2D eigenvalue weighted by Gasteiger charge is -2.27. The second kappa shape index (κ2) is 6.11. The van der Waals surface area contributed by atoms with Crippen LogP contribution in [0.3, 0.4) is 0 Å². The first kappa shape index (κ1) is 10.7. The lowest BCUT2D eigenvalue weighted by atomic mass is 9.97. The zero-order valence-electron chi connectivity index (χ0n) is 8.29. The van der Waals surface area contributed by atoms with E-state index in [1.807, 2.05) is 0 Å². The highest BCUT2D eigenvalue weighted by Gasteiger charge is 2.23. The molecule has 1 aliphatic heterocycles. The third-order valence-electron chi connectivity index (χ3n) is 2.50. The Kier molecular flexibility index (Phi) is 5.01. The zero-order valence-corrected chi connectivity index (χ0v) is 8.29. The fraction of sp³-hybridized carbons (Fsp3) is 0.900. The molecular weight excluding hydrogens is 166 g/mol. The predicted octanol–water partition coefficient (Wildman–Crippen LogP) is 0.980. The van der Waals surface area contributed by atoms with Crippen molar-refractivity contribution < 1.29 is 9.53 Å². The van der Waals surface area contributed by atoms with Gasteiger partial charge in [0.05, 0.1) is 12.7 Å². The summed E-state index contributed by atoms with van der Waals surface area (Å²) < 4.78 is 5.53. The number of morpholine rings is 1. The van der Waals surface area contributed by atoms with Crippen molar-refractivity contribution in [2.45, 2.75) is 32.3 Å². The van der Waals surface area contributed by atoms with Crippen molar-refractivity contribution in [1.82, 2.24) is 5.32 Å². The van der Waals surface area contributed by atoms with Crippen LogP contribution >= 0.6 is 0 Å². The maximum Gasteiger partial charge on any atom is 0.125 e. The summed E-state index contributed by atoms with van der Waals surface area (Å²) in [7, 11) is 0. The van der Waals surface area contributed by atoms with Crippen LogP contribution in [0.15, 0.2) is 0 Å². The lowest BCUT2D eigenvalue weighted by molar-refractivity contribution is -0.117. The summed E-state index contributed by atoms with van der Waals surface area (Å²) in [4.78, 5) is 10.8. The number of ether oxygens (including phenoxy) is 1. The summed E-state index contributed by atoms with van der Waals surface area (Å²) in [6.45, 7) is 4.62. The molecule has 1 aliphatic rings. The molecule has 0 bridgehead atoms. The summed E-state index contributed by atoms with van der Waals surface area (Å²) in [6, 6.07) is 0. The predicted molar refractivity (Wildman–Crippen MR) is 51.7 cm³/mol. The fourth-order valence-electron chi connectivity index (χ4n) is 1.64. The molecule has 2 unspecified atom stereocenters. The van der Waals surface area contributed by atoms with Gasteiger partial charge in [-0.3, -0.25) is 0 Å². The van der Waals surface area contributed by atoms with Crippen LogP contribution in [-0.2, 0) is 9.53 Å². The summed E-state index contributed by atoms with van der Waals surface area (Å²) in [5, 5.41) is 3.24. The van der Waals surface area contributed by atoms with E-state index in [2.05, 4.69) is 12.2 Å². The fourth-order valence-corrected chi connectivity index (χ4v) is 1.64. The number of nitrogens with one attached hydrogen (secondary N) is 1. The standard InChI is InChI=1S/C10H19NO2/c1-2-3-4-9(8-12)10-7-11-5-6-13-10/h8-11H,2-7H2,1H3. The Bertz CT molecular complexity index is 144. The smallest absolute Gasteiger partial charge is 0.125 e. The topological polar surface area (TPSA) is 38.3 Å². The average molecular weight is 185 g/mol. The molecule has 2 atom stereocenters. The molecule has 0 aromatic heterocycles. The van der Waals surface area contributed by atoms with Gasteiger partial charge in [-0.05, 0) is 6.42 Å². The van der Waals surface area contributed by atoms with Crippen LogP contribution < -0.4 is 5.32 Å². The Balaban J connectivity index is 2.30. The van der Waals surface area contributed by atoms with Crippen LogP contribution in [0.25, 0.3) is 0 Å². The van der Waals surface area contributed by atoms with Crippen LogP contribution in [0.4, 0.5) is 0 Å². The van der Waals surface area contributed by atoms with Crippen molar-refractivity contribution in [2.75, 3.05) is 19.7 Å².